The van der Waals surface area contributed by atoms with Crippen LogP contribution in [0.3, 0.4) is 0 Å². The van der Waals surface area contributed by atoms with Gasteiger partial charge in [-0.15, -0.1) is 0 Å². The molecule has 4 heteroatoms. The van der Waals surface area contributed by atoms with Crippen molar-refractivity contribution in [2.45, 2.75) is 39.0 Å². The van der Waals surface area contributed by atoms with E-state index in [9.17, 15) is 9.59 Å². The number of nitrogens with zero attached hydrogens (tertiary/aromatic N) is 2. The van der Waals surface area contributed by atoms with Crippen molar-refractivity contribution in [3.05, 3.63) is 35.4 Å². The van der Waals surface area contributed by atoms with E-state index in [0.717, 1.165) is 57.4 Å². The highest BCUT2D eigenvalue weighted by atomic mass is 16.2. The first kappa shape index (κ1) is 16.0. The van der Waals surface area contributed by atoms with Gasteiger partial charge in [0.05, 0.1) is 0 Å². The van der Waals surface area contributed by atoms with Crippen molar-refractivity contribution >= 4 is 11.8 Å². The number of benzene rings is 1. The van der Waals surface area contributed by atoms with Gasteiger partial charge in [-0.3, -0.25) is 9.59 Å². The molecule has 4 nitrogen and oxygen atoms in total. The Morgan fingerprint density at radius 2 is 1.57 bits per heavy atom. The second-order valence-corrected chi connectivity index (χ2v) is 6.89. The molecular weight excluding hydrogens is 288 g/mol. The van der Waals surface area contributed by atoms with Crippen LogP contribution in [0.4, 0.5) is 0 Å². The molecule has 1 aromatic rings. The van der Waals surface area contributed by atoms with Crippen LogP contribution in [0.25, 0.3) is 0 Å². The Morgan fingerprint density at radius 3 is 2.17 bits per heavy atom. The van der Waals surface area contributed by atoms with Gasteiger partial charge in [-0.1, -0.05) is 17.7 Å². The number of carbonyl (C=O) groups excluding carboxylic acids is 2. The molecule has 2 amide bonds. The number of rotatable bonds is 3. The minimum atomic E-state index is 0.120. The first-order valence-corrected chi connectivity index (χ1v) is 8.77. The Hall–Kier alpha value is -1.84. The van der Waals surface area contributed by atoms with Gasteiger partial charge in [-0.2, -0.15) is 0 Å². The quantitative estimate of drug-likeness (QED) is 0.861. The molecule has 0 unspecified atom stereocenters. The Kier molecular flexibility index (Phi) is 4.99. The summed E-state index contributed by atoms with van der Waals surface area (Å²) in [4.78, 5) is 28.7. The molecule has 0 N–H and O–H groups in total. The van der Waals surface area contributed by atoms with Crippen molar-refractivity contribution in [3.63, 3.8) is 0 Å². The minimum absolute atomic E-state index is 0.120. The molecule has 1 aromatic carbocycles. The van der Waals surface area contributed by atoms with E-state index in [0.29, 0.717) is 18.2 Å². The van der Waals surface area contributed by atoms with E-state index < -0.39 is 0 Å². The molecule has 0 radical (unpaired) electrons. The van der Waals surface area contributed by atoms with Gasteiger partial charge < -0.3 is 9.80 Å². The third kappa shape index (κ3) is 3.92. The van der Waals surface area contributed by atoms with Crippen LogP contribution < -0.4 is 0 Å². The van der Waals surface area contributed by atoms with Crippen LogP contribution in [0, 0.1) is 12.8 Å². The summed E-state index contributed by atoms with van der Waals surface area (Å²) in [5.74, 6) is 0.866. The molecule has 2 saturated heterocycles. The second-order valence-electron chi connectivity index (χ2n) is 6.89. The minimum Gasteiger partial charge on any atom is -0.343 e. The third-order valence-corrected chi connectivity index (χ3v) is 5.12. The van der Waals surface area contributed by atoms with Crippen molar-refractivity contribution in [1.29, 1.82) is 0 Å². The summed E-state index contributed by atoms with van der Waals surface area (Å²) in [6, 6.07) is 7.77. The van der Waals surface area contributed by atoms with Crippen LogP contribution in [-0.2, 0) is 4.79 Å². The van der Waals surface area contributed by atoms with Crippen LogP contribution in [0.2, 0.25) is 0 Å². The van der Waals surface area contributed by atoms with E-state index in [4.69, 9.17) is 0 Å². The molecule has 0 atom stereocenters. The number of likely N-dealkylation sites (tertiary alicyclic amines) is 2. The summed E-state index contributed by atoms with van der Waals surface area (Å²) < 4.78 is 0. The zero-order chi connectivity index (χ0) is 16.2. The number of amides is 2. The SMILES string of the molecule is Cc1ccc(C(=O)N2CCC(CC(=O)N3CCCC3)CC2)cc1. The molecule has 3 rings (SSSR count). The number of hydrogen-bond donors (Lipinski definition) is 0. The Balaban J connectivity index is 1.49. The smallest absolute Gasteiger partial charge is 0.253 e. The van der Waals surface area contributed by atoms with Gasteiger partial charge in [-0.25, -0.2) is 0 Å². The van der Waals surface area contributed by atoms with Gasteiger partial charge in [0.1, 0.15) is 0 Å². The van der Waals surface area contributed by atoms with Crippen LogP contribution in [-0.4, -0.2) is 47.8 Å². The van der Waals surface area contributed by atoms with Crippen LogP contribution in [0.1, 0.15) is 48.0 Å². The molecule has 2 fully saturated rings. The van der Waals surface area contributed by atoms with E-state index in [-0.39, 0.29) is 5.91 Å². The fourth-order valence-electron chi connectivity index (χ4n) is 3.56. The molecule has 2 heterocycles. The van der Waals surface area contributed by atoms with Gasteiger partial charge in [0.15, 0.2) is 0 Å². The average molecular weight is 314 g/mol. The van der Waals surface area contributed by atoms with Gasteiger partial charge in [0.2, 0.25) is 5.91 Å². The number of aryl methyl sites for hydroxylation is 1. The van der Waals surface area contributed by atoms with Crippen molar-refractivity contribution in [3.8, 4) is 0 Å². The molecule has 124 valence electrons. The topological polar surface area (TPSA) is 40.6 Å². The predicted molar refractivity (Wildman–Crippen MR) is 90.2 cm³/mol. The predicted octanol–water partition coefficient (Wildman–Crippen LogP) is 2.86. The number of piperidine rings is 1. The molecule has 2 aliphatic heterocycles. The molecule has 0 spiro atoms. The Bertz CT molecular complexity index is 553. The highest BCUT2D eigenvalue weighted by Crippen LogP contribution is 2.23. The molecule has 0 bridgehead atoms. The normalized spacial score (nSPS) is 19.2. The lowest BCUT2D eigenvalue weighted by Crippen LogP contribution is -2.40. The summed E-state index contributed by atoms with van der Waals surface area (Å²) in [5.41, 5.74) is 1.93. The zero-order valence-corrected chi connectivity index (χ0v) is 14.0. The lowest BCUT2D eigenvalue weighted by Gasteiger charge is -2.32. The molecule has 2 aliphatic rings. The zero-order valence-electron chi connectivity index (χ0n) is 14.0. The molecule has 0 aromatic heterocycles. The first-order valence-electron chi connectivity index (χ1n) is 8.77. The Labute approximate surface area is 138 Å². The van der Waals surface area contributed by atoms with Crippen LogP contribution in [0.15, 0.2) is 24.3 Å². The summed E-state index contributed by atoms with van der Waals surface area (Å²) in [6.45, 7) is 5.43. The van der Waals surface area contributed by atoms with Crippen molar-refractivity contribution < 1.29 is 9.59 Å². The van der Waals surface area contributed by atoms with E-state index in [1.807, 2.05) is 41.0 Å². The molecular formula is C19H26N2O2. The summed E-state index contributed by atoms with van der Waals surface area (Å²) in [6.07, 6.45) is 4.84. The summed E-state index contributed by atoms with van der Waals surface area (Å²) in [5, 5.41) is 0. The number of hydrogen-bond acceptors (Lipinski definition) is 2. The van der Waals surface area contributed by atoms with Gasteiger partial charge in [-0.05, 0) is 50.7 Å². The van der Waals surface area contributed by atoms with Gasteiger partial charge >= 0.3 is 0 Å². The highest BCUT2D eigenvalue weighted by Gasteiger charge is 2.27. The molecule has 0 saturated carbocycles. The van der Waals surface area contributed by atoms with Gasteiger partial charge in [0, 0.05) is 38.2 Å². The Morgan fingerprint density at radius 1 is 0.957 bits per heavy atom. The van der Waals surface area contributed by atoms with Crippen LogP contribution in [0.5, 0.6) is 0 Å². The third-order valence-electron chi connectivity index (χ3n) is 5.12. The fraction of sp³-hybridized carbons (Fsp3) is 0.579. The van der Waals surface area contributed by atoms with Gasteiger partial charge in [0.25, 0.3) is 5.91 Å². The van der Waals surface area contributed by atoms with E-state index in [1.54, 1.807) is 0 Å². The highest BCUT2D eigenvalue weighted by molar-refractivity contribution is 5.94. The fourth-order valence-corrected chi connectivity index (χ4v) is 3.56. The van der Waals surface area contributed by atoms with E-state index in [1.165, 1.54) is 5.56 Å². The first-order chi connectivity index (χ1) is 11.1. The standard InChI is InChI=1S/C19H26N2O2/c1-15-4-6-17(7-5-15)19(23)21-12-8-16(9-13-21)14-18(22)20-10-2-3-11-20/h4-7,16H,2-3,8-14H2,1H3. The van der Waals surface area contributed by atoms with E-state index in [2.05, 4.69) is 0 Å². The van der Waals surface area contributed by atoms with Crippen molar-refractivity contribution in [1.82, 2.24) is 9.80 Å². The second kappa shape index (κ2) is 7.16. The van der Waals surface area contributed by atoms with Crippen molar-refractivity contribution in [2.24, 2.45) is 5.92 Å². The largest absolute Gasteiger partial charge is 0.343 e. The monoisotopic (exact) mass is 314 g/mol. The lowest BCUT2D eigenvalue weighted by atomic mass is 9.92. The molecule has 23 heavy (non-hydrogen) atoms. The van der Waals surface area contributed by atoms with Crippen molar-refractivity contribution in [2.75, 3.05) is 26.2 Å². The maximum atomic E-state index is 12.5. The average Bonchev–Trinajstić information content (AvgIpc) is 3.10. The number of carbonyl (C=O) groups is 2. The maximum absolute atomic E-state index is 12.5. The molecule has 0 aliphatic carbocycles. The van der Waals surface area contributed by atoms with Crippen LogP contribution >= 0.6 is 0 Å². The van der Waals surface area contributed by atoms with E-state index >= 15 is 0 Å². The lowest BCUT2D eigenvalue weighted by molar-refractivity contribution is -0.131. The summed E-state index contributed by atoms with van der Waals surface area (Å²) in [7, 11) is 0. The summed E-state index contributed by atoms with van der Waals surface area (Å²) >= 11 is 0. The maximum Gasteiger partial charge on any atom is 0.253 e.